The van der Waals surface area contributed by atoms with Gasteiger partial charge in [-0.2, -0.15) is 0 Å². The zero-order chi connectivity index (χ0) is 19.6. The van der Waals surface area contributed by atoms with Crippen molar-refractivity contribution in [1.82, 2.24) is 19.0 Å². The summed E-state index contributed by atoms with van der Waals surface area (Å²) in [5, 5.41) is 2.10. The molecule has 1 aliphatic heterocycles. The molecule has 136 valence electrons. The van der Waals surface area contributed by atoms with E-state index in [1.807, 2.05) is 0 Å². The van der Waals surface area contributed by atoms with E-state index in [-0.39, 0.29) is 22.6 Å². The maximum Gasteiger partial charge on any atom is 0.316 e. The number of hydrogen-bond donors (Lipinski definition) is 2. The van der Waals surface area contributed by atoms with E-state index in [4.69, 9.17) is 5.73 Å². The number of amides is 2. The van der Waals surface area contributed by atoms with E-state index in [2.05, 4.69) is 5.32 Å². The molecule has 2 amide bonds. The first-order valence-electron chi connectivity index (χ1n) is 7.83. The lowest BCUT2D eigenvalue weighted by Gasteiger charge is -2.14. The number of carbonyl (C=O) groups excluding carboxylic acids is 2. The van der Waals surface area contributed by atoms with Crippen molar-refractivity contribution in [2.45, 2.75) is 0 Å². The quantitative estimate of drug-likeness (QED) is 0.412. The minimum atomic E-state index is -0.721. The number of aryl methyl sites for hydroxylation is 2. The van der Waals surface area contributed by atoms with Crippen LogP contribution in [0.5, 0.6) is 0 Å². The first-order chi connectivity index (χ1) is 12.7. The summed E-state index contributed by atoms with van der Waals surface area (Å²) in [7, 11) is 2.91. The van der Waals surface area contributed by atoms with Crippen LogP contribution in [0.1, 0.15) is 20.7 Å². The largest absolute Gasteiger partial charge is 0.384 e. The molecule has 3 aromatic rings. The number of nitrogens with two attached hydrogens (primary N) is 1. The SMILES string of the molecule is Cn1c(=O)c(=O)n(C)c2cc(-n3c(N)c4c(cc3=O)C(=O)NC4=O)ccc21. The van der Waals surface area contributed by atoms with E-state index >= 15 is 0 Å². The highest BCUT2D eigenvalue weighted by molar-refractivity contribution is 6.23. The maximum absolute atomic E-state index is 12.5. The highest BCUT2D eigenvalue weighted by Crippen LogP contribution is 2.24. The number of nitrogen functional groups attached to an aromatic ring is 1. The van der Waals surface area contributed by atoms with Gasteiger partial charge in [-0.15, -0.1) is 0 Å². The molecule has 27 heavy (non-hydrogen) atoms. The number of rotatable bonds is 1. The first-order valence-corrected chi connectivity index (χ1v) is 7.83. The molecule has 0 bridgehead atoms. The topological polar surface area (TPSA) is 138 Å². The Kier molecular flexibility index (Phi) is 3.22. The average molecular weight is 367 g/mol. The van der Waals surface area contributed by atoms with E-state index in [9.17, 15) is 24.0 Å². The summed E-state index contributed by atoms with van der Waals surface area (Å²) in [6.07, 6.45) is 0. The smallest absolute Gasteiger partial charge is 0.316 e. The second-order valence-electron chi connectivity index (χ2n) is 6.18. The lowest BCUT2D eigenvalue weighted by atomic mass is 10.1. The average Bonchev–Trinajstić information content (AvgIpc) is 2.91. The Morgan fingerprint density at radius 2 is 1.48 bits per heavy atom. The molecule has 1 aromatic carbocycles. The number of nitrogens with one attached hydrogen (secondary N) is 1. The summed E-state index contributed by atoms with van der Waals surface area (Å²) in [6.45, 7) is 0. The standard InChI is InChI=1S/C17H13N5O5/c1-20-9-4-3-7(5-10(9)21(2)17(27)16(20)26)22-11(23)6-8-12(13(22)18)15(25)19-14(8)24/h3-6H,18H2,1-2H3,(H,19,24,25). The number of carbonyl (C=O) groups is 2. The molecule has 0 aliphatic carbocycles. The predicted molar refractivity (Wildman–Crippen MR) is 96.2 cm³/mol. The van der Waals surface area contributed by atoms with Crippen LogP contribution in [-0.2, 0) is 14.1 Å². The molecule has 0 spiro atoms. The van der Waals surface area contributed by atoms with Gasteiger partial charge in [-0.05, 0) is 18.2 Å². The van der Waals surface area contributed by atoms with Crippen molar-refractivity contribution >= 4 is 28.7 Å². The number of anilines is 1. The van der Waals surface area contributed by atoms with Crippen LogP contribution in [0.15, 0.2) is 38.6 Å². The molecule has 10 heteroatoms. The van der Waals surface area contributed by atoms with Crippen LogP contribution in [0.3, 0.4) is 0 Å². The van der Waals surface area contributed by atoms with Crippen LogP contribution >= 0.6 is 0 Å². The fourth-order valence-corrected chi connectivity index (χ4v) is 3.25. The monoisotopic (exact) mass is 367 g/mol. The number of pyridine rings is 1. The Labute approximate surface area is 150 Å². The lowest BCUT2D eigenvalue weighted by molar-refractivity contribution is 0.0880. The van der Waals surface area contributed by atoms with Crippen LogP contribution in [0.2, 0.25) is 0 Å². The molecule has 0 fully saturated rings. The molecule has 0 saturated heterocycles. The first kappa shape index (κ1) is 16.5. The molecule has 3 N–H and O–H groups in total. The molecule has 4 rings (SSSR count). The molecule has 3 heterocycles. The molecule has 0 radical (unpaired) electrons. The lowest BCUT2D eigenvalue weighted by Crippen LogP contribution is -2.39. The van der Waals surface area contributed by atoms with Crippen LogP contribution in [0.4, 0.5) is 5.82 Å². The Bertz CT molecular complexity index is 1380. The minimum Gasteiger partial charge on any atom is -0.384 e. The summed E-state index contributed by atoms with van der Waals surface area (Å²) in [5.74, 6) is -1.55. The van der Waals surface area contributed by atoms with Crippen LogP contribution in [-0.4, -0.2) is 25.5 Å². The third-order valence-electron chi connectivity index (χ3n) is 4.69. The van der Waals surface area contributed by atoms with E-state index < -0.39 is 28.5 Å². The van der Waals surface area contributed by atoms with Gasteiger partial charge in [0.2, 0.25) is 0 Å². The van der Waals surface area contributed by atoms with Crippen molar-refractivity contribution in [3.05, 3.63) is 66.5 Å². The summed E-state index contributed by atoms with van der Waals surface area (Å²) in [5.41, 5.74) is 5.02. The fourth-order valence-electron chi connectivity index (χ4n) is 3.25. The summed E-state index contributed by atoms with van der Waals surface area (Å²) in [6, 6.07) is 5.64. The molecule has 2 aromatic heterocycles. The second kappa shape index (κ2) is 5.27. The zero-order valence-corrected chi connectivity index (χ0v) is 14.3. The molecule has 0 atom stereocenters. The fraction of sp³-hybridized carbons (Fsp3) is 0.118. The highest BCUT2D eigenvalue weighted by atomic mass is 16.2. The van der Waals surface area contributed by atoms with Crippen molar-refractivity contribution in [2.24, 2.45) is 14.1 Å². The maximum atomic E-state index is 12.5. The number of fused-ring (bicyclic) bond motifs is 2. The number of imide groups is 1. The van der Waals surface area contributed by atoms with Crippen LogP contribution in [0, 0.1) is 0 Å². The van der Waals surface area contributed by atoms with E-state index in [0.29, 0.717) is 11.0 Å². The molecule has 10 nitrogen and oxygen atoms in total. The van der Waals surface area contributed by atoms with Crippen molar-refractivity contribution < 1.29 is 9.59 Å². The van der Waals surface area contributed by atoms with Crippen LogP contribution in [0.25, 0.3) is 16.7 Å². The Balaban J connectivity index is 2.08. The van der Waals surface area contributed by atoms with Crippen molar-refractivity contribution in [2.75, 3.05) is 5.73 Å². The summed E-state index contributed by atoms with van der Waals surface area (Å²) < 4.78 is 3.46. The van der Waals surface area contributed by atoms with E-state index in [0.717, 1.165) is 10.6 Å². The summed E-state index contributed by atoms with van der Waals surface area (Å²) >= 11 is 0. The predicted octanol–water partition coefficient (Wildman–Crippen LogP) is -1.15. The van der Waals surface area contributed by atoms with Crippen LogP contribution < -0.4 is 27.7 Å². The van der Waals surface area contributed by atoms with Crippen molar-refractivity contribution in [3.8, 4) is 5.69 Å². The zero-order valence-electron chi connectivity index (χ0n) is 14.3. The molecule has 0 saturated carbocycles. The number of nitrogens with zero attached hydrogens (tertiary/aromatic N) is 3. The van der Waals surface area contributed by atoms with E-state index in [1.54, 1.807) is 6.07 Å². The third kappa shape index (κ3) is 2.09. The number of aromatic nitrogens is 3. The molecular weight excluding hydrogens is 354 g/mol. The van der Waals surface area contributed by atoms with Crippen molar-refractivity contribution in [1.29, 1.82) is 0 Å². The highest BCUT2D eigenvalue weighted by Gasteiger charge is 2.31. The van der Waals surface area contributed by atoms with Gasteiger partial charge in [-0.1, -0.05) is 0 Å². The van der Waals surface area contributed by atoms with Gasteiger partial charge in [-0.3, -0.25) is 33.9 Å². The molecule has 0 unspecified atom stereocenters. The third-order valence-corrected chi connectivity index (χ3v) is 4.69. The van der Waals surface area contributed by atoms with Gasteiger partial charge in [-0.25, -0.2) is 0 Å². The van der Waals surface area contributed by atoms with Gasteiger partial charge in [0, 0.05) is 20.2 Å². The number of benzene rings is 1. The van der Waals surface area contributed by atoms with Gasteiger partial charge in [0.1, 0.15) is 5.82 Å². The van der Waals surface area contributed by atoms with Gasteiger partial charge in [0.15, 0.2) is 0 Å². The van der Waals surface area contributed by atoms with Gasteiger partial charge in [0.05, 0.1) is 27.8 Å². The van der Waals surface area contributed by atoms with Gasteiger partial charge >= 0.3 is 11.1 Å². The van der Waals surface area contributed by atoms with Crippen molar-refractivity contribution in [3.63, 3.8) is 0 Å². The Morgan fingerprint density at radius 1 is 0.852 bits per heavy atom. The van der Waals surface area contributed by atoms with Gasteiger partial charge in [0.25, 0.3) is 17.4 Å². The van der Waals surface area contributed by atoms with E-state index in [1.165, 1.54) is 35.4 Å². The number of hydrogen-bond acceptors (Lipinski definition) is 6. The minimum absolute atomic E-state index is 0.0747. The molecule has 1 aliphatic rings. The molecular formula is C17H13N5O5. The Morgan fingerprint density at radius 3 is 2.15 bits per heavy atom. The van der Waals surface area contributed by atoms with Gasteiger partial charge < -0.3 is 14.9 Å². The summed E-state index contributed by atoms with van der Waals surface area (Å²) in [4.78, 5) is 60.3. The normalized spacial score (nSPS) is 13.1. The second-order valence-corrected chi connectivity index (χ2v) is 6.18. The Hall–Kier alpha value is -3.95.